The van der Waals surface area contributed by atoms with E-state index < -0.39 is 0 Å². The predicted octanol–water partition coefficient (Wildman–Crippen LogP) is 4.03. The van der Waals surface area contributed by atoms with Crippen LogP contribution >= 0.6 is 11.3 Å². The van der Waals surface area contributed by atoms with Gasteiger partial charge in [0, 0.05) is 36.5 Å². The lowest BCUT2D eigenvalue weighted by atomic mass is 9.77. The van der Waals surface area contributed by atoms with Crippen LogP contribution in [0.5, 0.6) is 0 Å². The molecule has 1 aromatic carbocycles. The number of aromatic nitrogens is 1. The summed E-state index contributed by atoms with van der Waals surface area (Å²) in [6.45, 7) is 4.03. The van der Waals surface area contributed by atoms with E-state index in [-0.39, 0.29) is 11.6 Å². The van der Waals surface area contributed by atoms with E-state index in [1.165, 1.54) is 0 Å². The summed E-state index contributed by atoms with van der Waals surface area (Å²) in [4.78, 5) is 19.1. The van der Waals surface area contributed by atoms with Crippen LogP contribution in [0.4, 0.5) is 16.2 Å². The molecule has 1 aliphatic rings. The topological polar surface area (TPSA) is 57.3 Å². The molecule has 1 saturated carbocycles. The minimum Gasteiger partial charge on any atom is -0.377 e. The number of aryl methyl sites for hydroxylation is 2. The van der Waals surface area contributed by atoms with Gasteiger partial charge in [0.15, 0.2) is 0 Å². The molecule has 1 fully saturated rings. The highest BCUT2D eigenvalue weighted by atomic mass is 32.1. The number of hydrogen-bond acceptors (Lipinski definition) is 4. The van der Waals surface area contributed by atoms with Gasteiger partial charge in [-0.05, 0) is 56.9 Å². The van der Waals surface area contributed by atoms with Crippen LogP contribution in [0.2, 0.25) is 0 Å². The standard InChI is InChI=1S/C18H24N4OS/c1-12-10-14(6-7-15(12)22(3)4)20-17(23)21-18(8-5-9-18)16-19-13(2)11-24-16/h6-7,10-11H,5,8-9H2,1-4H3,(H2,20,21,23). The number of nitrogens with zero attached hydrogens (tertiary/aromatic N) is 2. The van der Waals surface area contributed by atoms with Gasteiger partial charge in [-0.15, -0.1) is 11.3 Å². The van der Waals surface area contributed by atoms with Crippen molar-refractivity contribution in [3.8, 4) is 0 Å². The summed E-state index contributed by atoms with van der Waals surface area (Å²) < 4.78 is 0. The number of thiazole rings is 1. The van der Waals surface area contributed by atoms with Crippen molar-refractivity contribution in [2.45, 2.75) is 38.6 Å². The average Bonchev–Trinajstić information content (AvgIpc) is 2.89. The number of rotatable bonds is 4. The first-order valence-electron chi connectivity index (χ1n) is 8.19. The van der Waals surface area contributed by atoms with Crippen LogP contribution in [0, 0.1) is 13.8 Å². The Hall–Kier alpha value is -2.08. The maximum atomic E-state index is 12.5. The molecule has 1 heterocycles. The van der Waals surface area contributed by atoms with Crippen molar-refractivity contribution >= 4 is 28.7 Å². The lowest BCUT2D eigenvalue weighted by Crippen LogP contribution is -2.52. The number of nitrogens with one attached hydrogen (secondary N) is 2. The van der Waals surface area contributed by atoms with Crippen LogP contribution in [-0.4, -0.2) is 25.1 Å². The molecule has 0 aliphatic heterocycles. The molecule has 0 bridgehead atoms. The van der Waals surface area contributed by atoms with Crippen molar-refractivity contribution in [1.82, 2.24) is 10.3 Å². The molecule has 3 rings (SSSR count). The first kappa shape index (κ1) is 16.8. The first-order valence-corrected chi connectivity index (χ1v) is 9.07. The Morgan fingerprint density at radius 1 is 1.29 bits per heavy atom. The highest BCUT2D eigenvalue weighted by Gasteiger charge is 2.42. The lowest BCUT2D eigenvalue weighted by Gasteiger charge is -2.40. The van der Waals surface area contributed by atoms with Crippen molar-refractivity contribution < 1.29 is 4.79 Å². The summed E-state index contributed by atoms with van der Waals surface area (Å²) in [6, 6.07) is 5.78. The lowest BCUT2D eigenvalue weighted by molar-refractivity contribution is 0.184. The Morgan fingerprint density at radius 3 is 2.54 bits per heavy atom. The van der Waals surface area contributed by atoms with E-state index in [0.717, 1.165) is 46.9 Å². The first-order chi connectivity index (χ1) is 11.4. The maximum absolute atomic E-state index is 12.5. The van der Waals surface area contributed by atoms with Crippen LogP contribution in [0.25, 0.3) is 0 Å². The molecule has 0 unspecified atom stereocenters. The minimum atomic E-state index is -0.290. The largest absolute Gasteiger partial charge is 0.377 e. The molecule has 0 radical (unpaired) electrons. The van der Waals surface area contributed by atoms with Crippen LogP contribution in [0.15, 0.2) is 23.6 Å². The van der Waals surface area contributed by atoms with Crippen LogP contribution in [0.3, 0.4) is 0 Å². The third-order valence-electron chi connectivity index (χ3n) is 4.52. The number of amides is 2. The third-order valence-corrected chi connectivity index (χ3v) is 5.69. The van der Waals surface area contributed by atoms with E-state index >= 15 is 0 Å². The Labute approximate surface area is 147 Å². The molecule has 0 spiro atoms. The van der Waals surface area contributed by atoms with Gasteiger partial charge in [-0.1, -0.05) is 0 Å². The van der Waals surface area contributed by atoms with Crippen molar-refractivity contribution in [3.63, 3.8) is 0 Å². The number of carbonyl (C=O) groups excluding carboxylic acids is 1. The Balaban J connectivity index is 1.70. The van der Waals surface area contributed by atoms with E-state index in [0.29, 0.717) is 0 Å². The fourth-order valence-electron chi connectivity index (χ4n) is 3.11. The van der Waals surface area contributed by atoms with Crippen LogP contribution in [0.1, 0.15) is 35.5 Å². The summed E-state index contributed by atoms with van der Waals surface area (Å²) in [6.07, 6.45) is 3.02. The van der Waals surface area contributed by atoms with Crippen LogP contribution in [-0.2, 0) is 5.54 Å². The van der Waals surface area contributed by atoms with Gasteiger partial charge in [0.1, 0.15) is 5.01 Å². The third kappa shape index (κ3) is 3.24. The molecule has 1 aliphatic carbocycles. The molecule has 128 valence electrons. The second kappa shape index (κ2) is 6.43. The summed E-state index contributed by atoms with van der Waals surface area (Å²) in [5.41, 5.74) is 3.81. The van der Waals surface area contributed by atoms with Gasteiger partial charge in [0.25, 0.3) is 0 Å². The average molecular weight is 344 g/mol. The number of carbonyl (C=O) groups is 1. The van der Waals surface area contributed by atoms with Gasteiger partial charge in [-0.2, -0.15) is 0 Å². The molecule has 0 saturated heterocycles. The zero-order valence-electron chi connectivity index (χ0n) is 14.6. The molecule has 2 aromatic rings. The minimum absolute atomic E-state index is 0.167. The fraction of sp³-hybridized carbons (Fsp3) is 0.444. The molecule has 1 aromatic heterocycles. The highest BCUT2D eigenvalue weighted by Crippen LogP contribution is 2.42. The van der Waals surface area contributed by atoms with E-state index in [1.807, 2.05) is 51.5 Å². The van der Waals surface area contributed by atoms with E-state index in [1.54, 1.807) is 11.3 Å². The quantitative estimate of drug-likeness (QED) is 0.880. The smallest absolute Gasteiger partial charge is 0.320 e. The zero-order valence-corrected chi connectivity index (χ0v) is 15.5. The Morgan fingerprint density at radius 2 is 2.04 bits per heavy atom. The van der Waals surface area contributed by atoms with Crippen molar-refractivity contribution in [2.24, 2.45) is 0 Å². The number of hydrogen-bond donors (Lipinski definition) is 2. The molecule has 2 amide bonds. The van der Waals surface area contributed by atoms with Gasteiger partial charge in [0.05, 0.1) is 5.54 Å². The fourth-order valence-corrected chi connectivity index (χ4v) is 4.12. The summed E-state index contributed by atoms with van der Waals surface area (Å²) in [5.74, 6) is 0. The number of benzene rings is 1. The van der Waals surface area contributed by atoms with Crippen molar-refractivity contribution in [1.29, 1.82) is 0 Å². The molecule has 5 nitrogen and oxygen atoms in total. The van der Waals surface area contributed by atoms with Gasteiger partial charge in [-0.25, -0.2) is 9.78 Å². The van der Waals surface area contributed by atoms with Crippen LogP contribution < -0.4 is 15.5 Å². The normalized spacial score (nSPS) is 15.5. The summed E-state index contributed by atoms with van der Waals surface area (Å²) >= 11 is 1.63. The predicted molar refractivity (Wildman–Crippen MR) is 100 cm³/mol. The number of anilines is 2. The second-order valence-electron chi connectivity index (χ2n) is 6.70. The van der Waals surface area contributed by atoms with Crippen molar-refractivity contribution in [2.75, 3.05) is 24.3 Å². The second-order valence-corrected chi connectivity index (χ2v) is 7.56. The van der Waals surface area contributed by atoms with Gasteiger partial charge in [0.2, 0.25) is 0 Å². The van der Waals surface area contributed by atoms with Gasteiger partial charge < -0.3 is 15.5 Å². The molecule has 0 atom stereocenters. The van der Waals surface area contributed by atoms with E-state index in [9.17, 15) is 4.79 Å². The maximum Gasteiger partial charge on any atom is 0.320 e. The Bertz CT molecular complexity index is 749. The van der Waals surface area contributed by atoms with E-state index in [2.05, 4.69) is 20.5 Å². The molecular formula is C18H24N4OS. The highest BCUT2D eigenvalue weighted by molar-refractivity contribution is 7.09. The summed E-state index contributed by atoms with van der Waals surface area (Å²) in [7, 11) is 4.02. The SMILES string of the molecule is Cc1csc(C2(NC(=O)Nc3ccc(N(C)C)c(C)c3)CCC2)n1. The molecule has 24 heavy (non-hydrogen) atoms. The van der Waals surface area contributed by atoms with Crippen molar-refractivity contribution in [3.05, 3.63) is 39.8 Å². The summed E-state index contributed by atoms with van der Waals surface area (Å²) in [5, 5.41) is 9.16. The van der Waals surface area contributed by atoms with Gasteiger partial charge >= 0.3 is 6.03 Å². The van der Waals surface area contributed by atoms with E-state index in [4.69, 9.17) is 0 Å². The zero-order chi connectivity index (χ0) is 17.3. The monoisotopic (exact) mass is 344 g/mol. The Kier molecular flexibility index (Phi) is 4.49. The molecule has 6 heteroatoms. The molecular weight excluding hydrogens is 320 g/mol. The molecule has 2 N–H and O–H groups in total. The number of urea groups is 1. The van der Waals surface area contributed by atoms with Gasteiger partial charge in [-0.3, -0.25) is 0 Å².